The summed E-state index contributed by atoms with van der Waals surface area (Å²) in [7, 11) is -0.707. The van der Waals surface area contributed by atoms with Gasteiger partial charge in [-0.25, -0.2) is 27.5 Å². The van der Waals surface area contributed by atoms with E-state index in [1.54, 1.807) is 19.2 Å². The van der Waals surface area contributed by atoms with Crippen LogP contribution in [0.3, 0.4) is 0 Å². The summed E-state index contributed by atoms with van der Waals surface area (Å²) in [4.78, 5) is 41.7. The van der Waals surface area contributed by atoms with E-state index in [9.17, 15) is 22.8 Å². The number of anilines is 1. The van der Waals surface area contributed by atoms with E-state index in [1.807, 2.05) is 0 Å². The van der Waals surface area contributed by atoms with Crippen molar-refractivity contribution in [3.05, 3.63) is 75.6 Å². The van der Waals surface area contributed by atoms with Gasteiger partial charge in [0.25, 0.3) is 5.56 Å². The number of fused-ring (bicyclic) bond motifs is 1. The Balaban J connectivity index is 1.48. The topological polar surface area (TPSA) is 150 Å². The molecule has 1 aromatic carbocycles. The van der Waals surface area contributed by atoms with Crippen LogP contribution in [-0.2, 0) is 42.0 Å². The minimum Gasteiger partial charge on any atom is -0.468 e. The molecule has 4 rings (SSSR count). The molecule has 0 aliphatic heterocycles. The molecule has 12 nitrogen and oxygen atoms in total. The molecule has 0 radical (unpaired) electrons. The molecule has 13 heteroatoms. The highest BCUT2D eigenvalue weighted by Gasteiger charge is 2.18. The normalized spacial score (nSPS) is 11.7. The van der Waals surface area contributed by atoms with Crippen molar-refractivity contribution in [3.8, 4) is 0 Å². The molecular weight excluding hydrogens is 452 g/mol. The van der Waals surface area contributed by atoms with Crippen LogP contribution < -0.4 is 21.3 Å². The van der Waals surface area contributed by atoms with E-state index in [2.05, 4.69) is 15.0 Å². The van der Waals surface area contributed by atoms with Crippen LogP contribution in [0.2, 0.25) is 0 Å². The first kappa shape index (κ1) is 22.2. The van der Waals surface area contributed by atoms with E-state index < -0.39 is 33.7 Å². The van der Waals surface area contributed by atoms with Crippen LogP contribution in [0.25, 0.3) is 11.2 Å². The number of rotatable bonds is 7. The Morgan fingerprint density at radius 3 is 2.52 bits per heavy atom. The summed E-state index contributed by atoms with van der Waals surface area (Å²) in [5.41, 5.74) is -0.586. The summed E-state index contributed by atoms with van der Waals surface area (Å²) in [5, 5.41) is 2.55. The molecule has 0 unspecified atom stereocenters. The molecule has 2 N–H and O–H groups in total. The third-order valence-corrected chi connectivity index (χ3v) is 6.38. The van der Waals surface area contributed by atoms with Crippen molar-refractivity contribution in [1.29, 1.82) is 0 Å². The van der Waals surface area contributed by atoms with Gasteiger partial charge >= 0.3 is 5.69 Å². The van der Waals surface area contributed by atoms with Gasteiger partial charge in [0.1, 0.15) is 12.3 Å². The van der Waals surface area contributed by atoms with Gasteiger partial charge < -0.3 is 14.3 Å². The lowest BCUT2D eigenvalue weighted by Crippen LogP contribution is -2.42. The fourth-order valence-corrected chi connectivity index (χ4v) is 4.25. The number of aromatic nitrogens is 4. The van der Waals surface area contributed by atoms with Crippen LogP contribution in [0.5, 0.6) is 0 Å². The predicted molar refractivity (Wildman–Crippen MR) is 118 cm³/mol. The average molecular weight is 472 g/mol. The van der Waals surface area contributed by atoms with E-state index in [4.69, 9.17) is 4.42 Å². The minimum absolute atomic E-state index is 0.00111. The molecule has 33 heavy (non-hydrogen) atoms. The second-order valence-corrected chi connectivity index (χ2v) is 9.00. The fraction of sp³-hybridized carbons (Fsp3) is 0.200. The maximum Gasteiger partial charge on any atom is 0.332 e. The van der Waals surface area contributed by atoms with E-state index in [0.29, 0.717) is 11.4 Å². The van der Waals surface area contributed by atoms with Gasteiger partial charge in [-0.2, -0.15) is 0 Å². The second kappa shape index (κ2) is 8.52. The van der Waals surface area contributed by atoms with Crippen LogP contribution in [0.15, 0.2) is 67.9 Å². The standard InChI is InChI=1S/C20H20N6O6S/c1-24-12-21-18-17(24)19(28)26(20(29)25(18)2)11-16(27)23-13-5-7-15(8-6-13)33(30,31)22-10-14-4-3-9-32-14/h3-9,12,22H,10-11H2,1-2H3,(H,23,27). The molecule has 3 aromatic heterocycles. The molecular formula is C20H20N6O6S. The van der Waals surface area contributed by atoms with Gasteiger partial charge in [0.05, 0.1) is 24.0 Å². The Labute approximate surface area is 187 Å². The van der Waals surface area contributed by atoms with Crippen LogP contribution >= 0.6 is 0 Å². The van der Waals surface area contributed by atoms with Gasteiger partial charge in [-0.05, 0) is 36.4 Å². The summed E-state index contributed by atoms with van der Waals surface area (Å²) in [6, 6.07) is 8.76. The van der Waals surface area contributed by atoms with Crippen molar-refractivity contribution in [2.24, 2.45) is 14.1 Å². The maximum atomic E-state index is 12.7. The number of nitrogens with one attached hydrogen (secondary N) is 2. The van der Waals surface area contributed by atoms with E-state index in [-0.39, 0.29) is 22.6 Å². The summed E-state index contributed by atoms with van der Waals surface area (Å²) < 4.78 is 35.8. The number of sulfonamides is 1. The Kier molecular flexibility index (Phi) is 5.74. The number of furan rings is 1. The van der Waals surface area contributed by atoms with Gasteiger partial charge in [-0.15, -0.1) is 0 Å². The van der Waals surface area contributed by atoms with Crippen LogP contribution in [-0.4, -0.2) is 33.0 Å². The van der Waals surface area contributed by atoms with Crippen molar-refractivity contribution in [2.75, 3.05) is 5.32 Å². The molecule has 0 aliphatic rings. The van der Waals surface area contributed by atoms with Gasteiger partial charge in [-0.3, -0.25) is 14.2 Å². The number of amides is 1. The molecule has 0 spiro atoms. The van der Waals surface area contributed by atoms with E-state index in [1.165, 1.54) is 53.0 Å². The van der Waals surface area contributed by atoms with Gasteiger partial charge in [-0.1, -0.05) is 0 Å². The van der Waals surface area contributed by atoms with Crippen molar-refractivity contribution in [3.63, 3.8) is 0 Å². The highest BCUT2D eigenvalue weighted by Crippen LogP contribution is 2.15. The number of benzene rings is 1. The smallest absolute Gasteiger partial charge is 0.332 e. The van der Waals surface area contributed by atoms with E-state index in [0.717, 1.165) is 4.57 Å². The van der Waals surface area contributed by atoms with Crippen molar-refractivity contribution in [1.82, 2.24) is 23.4 Å². The van der Waals surface area contributed by atoms with Gasteiger partial charge in [0.15, 0.2) is 11.2 Å². The highest BCUT2D eigenvalue weighted by molar-refractivity contribution is 7.89. The summed E-state index contributed by atoms with van der Waals surface area (Å²) in [6.07, 6.45) is 2.86. The van der Waals surface area contributed by atoms with Crippen molar-refractivity contribution in [2.45, 2.75) is 18.0 Å². The lowest BCUT2D eigenvalue weighted by Gasteiger charge is -2.10. The number of nitrogens with zero attached hydrogens (tertiary/aromatic N) is 4. The minimum atomic E-state index is -3.79. The predicted octanol–water partition coefficient (Wildman–Crippen LogP) is 0.144. The Morgan fingerprint density at radius 1 is 1.12 bits per heavy atom. The number of hydrogen-bond donors (Lipinski definition) is 2. The molecule has 1 amide bonds. The van der Waals surface area contributed by atoms with Gasteiger partial charge in [0, 0.05) is 19.8 Å². The molecule has 4 aromatic rings. The van der Waals surface area contributed by atoms with Crippen LogP contribution in [0, 0.1) is 0 Å². The summed E-state index contributed by atoms with van der Waals surface area (Å²) >= 11 is 0. The van der Waals surface area contributed by atoms with Crippen molar-refractivity contribution >= 4 is 32.8 Å². The highest BCUT2D eigenvalue weighted by atomic mass is 32.2. The first-order valence-electron chi connectivity index (χ1n) is 9.70. The molecule has 172 valence electrons. The zero-order chi connectivity index (χ0) is 23.8. The Bertz CT molecular complexity index is 1550. The SMILES string of the molecule is Cn1cnc2c1c(=O)n(CC(=O)Nc1ccc(S(=O)(=O)NCc3ccco3)cc1)c(=O)n2C. The number of imidazole rings is 1. The largest absolute Gasteiger partial charge is 0.468 e. The zero-order valence-electron chi connectivity index (χ0n) is 17.7. The number of hydrogen-bond acceptors (Lipinski definition) is 7. The molecule has 0 saturated heterocycles. The second-order valence-electron chi connectivity index (χ2n) is 7.24. The van der Waals surface area contributed by atoms with E-state index >= 15 is 0 Å². The van der Waals surface area contributed by atoms with Crippen molar-refractivity contribution < 1.29 is 17.6 Å². The zero-order valence-corrected chi connectivity index (χ0v) is 18.5. The third kappa shape index (κ3) is 4.36. The lowest BCUT2D eigenvalue weighted by atomic mass is 10.3. The first-order chi connectivity index (χ1) is 15.7. The number of carbonyl (C=O) groups is 1. The van der Waals surface area contributed by atoms with Crippen LogP contribution in [0.4, 0.5) is 5.69 Å². The lowest BCUT2D eigenvalue weighted by molar-refractivity contribution is -0.116. The molecule has 0 bridgehead atoms. The molecule has 0 atom stereocenters. The molecule has 0 fully saturated rings. The average Bonchev–Trinajstić information content (AvgIpc) is 3.44. The molecule has 0 saturated carbocycles. The number of carbonyl (C=O) groups excluding carboxylic acids is 1. The van der Waals surface area contributed by atoms with Gasteiger partial charge in [0.2, 0.25) is 15.9 Å². The number of aryl methyl sites for hydroxylation is 2. The molecule has 0 aliphatic carbocycles. The molecule has 3 heterocycles. The monoisotopic (exact) mass is 472 g/mol. The third-order valence-electron chi connectivity index (χ3n) is 4.97. The first-order valence-corrected chi connectivity index (χ1v) is 11.2. The fourth-order valence-electron chi connectivity index (χ4n) is 3.26. The Hall–Kier alpha value is -3.97. The quantitative estimate of drug-likeness (QED) is 0.388. The Morgan fingerprint density at radius 2 is 1.85 bits per heavy atom. The maximum absolute atomic E-state index is 12.7. The summed E-state index contributed by atoms with van der Waals surface area (Å²) in [6.45, 7) is -0.518. The van der Waals surface area contributed by atoms with Crippen LogP contribution in [0.1, 0.15) is 5.76 Å². The summed E-state index contributed by atoms with van der Waals surface area (Å²) in [5.74, 6) is -0.157.